The minimum Gasteiger partial charge on any atom is -0.301 e. The zero-order chi connectivity index (χ0) is 14.5. The van der Waals surface area contributed by atoms with Gasteiger partial charge in [0, 0.05) is 31.1 Å². The van der Waals surface area contributed by atoms with Gasteiger partial charge in [-0.15, -0.1) is 0 Å². The van der Waals surface area contributed by atoms with E-state index in [1.165, 1.54) is 36.1 Å². The Balaban J connectivity index is 4.04. The predicted octanol–water partition coefficient (Wildman–Crippen LogP) is 4.48. The fourth-order valence-electron chi connectivity index (χ4n) is 1.61. The standard InChI is InChI=1S/C16H29NS2/c1-6-15(4)16(5)9-10-17(11-13-18-7-2)12-14-19-8-3/h6H,1,4-5,7-14H2,2-3H3. The van der Waals surface area contributed by atoms with E-state index >= 15 is 0 Å². The Labute approximate surface area is 128 Å². The van der Waals surface area contributed by atoms with Crippen LogP contribution in [0.25, 0.3) is 0 Å². The highest BCUT2D eigenvalue weighted by Gasteiger charge is 2.06. The quantitative estimate of drug-likeness (QED) is 0.364. The Morgan fingerprint density at radius 2 is 1.53 bits per heavy atom. The lowest BCUT2D eigenvalue weighted by atomic mass is 10.1. The molecule has 0 aromatic carbocycles. The number of thioether (sulfide) groups is 2. The molecule has 1 nitrogen and oxygen atoms in total. The minimum absolute atomic E-state index is 0.978. The Morgan fingerprint density at radius 1 is 1.00 bits per heavy atom. The number of nitrogens with zero attached hydrogens (tertiary/aromatic N) is 1. The molecule has 0 aromatic heterocycles. The van der Waals surface area contributed by atoms with Crippen LogP contribution in [-0.4, -0.2) is 47.5 Å². The summed E-state index contributed by atoms with van der Waals surface area (Å²) in [7, 11) is 0. The SMILES string of the molecule is C=CC(=C)C(=C)CCN(CCSCC)CCSCC. The van der Waals surface area contributed by atoms with E-state index in [-0.39, 0.29) is 0 Å². The summed E-state index contributed by atoms with van der Waals surface area (Å²) in [6, 6.07) is 0. The summed E-state index contributed by atoms with van der Waals surface area (Å²) in [5, 5.41) is 0. The molecule has 0 aliphatic heterocycles. The highest BCUT2D eigenvalue weighted by molar-refractivity contribution is 7.99. The van der Waals surface area contributed by atoms with Crippen molar-refractivity contribution >= 4 is 23.5 Å². The van der Waals surface area contributed by atoms with Crippen LogP contribution < -0.4 is 0 Å². The van der Waals surface area contributed by atoms with Crippen molar-refractivity contribution in [2.24, 2.45) is 0 Å². The van der Waals surface area contributed by atoms with Gasteiger partial charge in [0.15, 0.2) is 0 Å². The van der Waals surface area contributed by atoms with Crippen LogP contribution in [0.15, 0.2) is 37.0 Å². The maximum absolute atomic E-state index is 4.08. The lowest BCUT2D eigenvalue weighted by Crippen LogP contribution is -2.30. The summed E-state index contributed by atoms with van der Waals surface area (Å²) in [5.74, 6) is 4.86. The molecule has 0 aromatic rings. The zero-order valence-electron chi connectivity index (χ0n) is 12.6. The first-order chi connectivity index (χ1) is 9.15. The van der Waals surface area contributed by atoms with Gasteiger partial charge in [-0.1, -0.05) is 39.7 Å². The van der Waals surface area contributed by atoms with E-state index in [1.54, 1.807) is 6.08 Å². The summed E-state index contributed by atoms with van der Waals surface area (Å²) >= 11 is 4.03. The van der Waals surface area contributed by atoms with Gasteiger partial charge in [-0.3, -0.25) is 0 Å². The van der Waals surface area contributed by atoms with Crippen molar-refractivity contribution in [2.45, 2.75) is 20.3 Å². The van der Waals surface area contributed by atoms with Crippen LogP contribution in [0.4, 0.5) is 0 Å². The summed E-state index contributed by atoms with van der Waals surface area (Å²) in [4.78, 5) is 2.55. The third-order valence-corrected chi connectivity index (χ3v) is 4.70. The van der Waals surface area contributed by atoms with Crippen molar-refractivity contribution < 1.29 is 0 Å². The maximum atomic E-state index is 4.08. The van der Waals surface area contributed by atoms with Crippen molar-refractivity contribution in [3.8, 4) is 0 Å². The average molecular weight is 300 g/mol. The van der Waals surface area contributed by atoms with Crippen LogP contribution >= 0.6 is 23.5 Å². The predicted molar refractivity (Wildman–Crippen MR) is 95.5 cm³/mol. The average Bonchev–Trinajstić information content (AvgIpc) is 2.43. The van der Waals surface area contributed by atoms with Gasteiger partial charge >= 0.3 is 0 Å². The molecule has 0 spiro atoms. The van der Waals surface area contributed by atoms with Crippen molar-refractivity contribution in [1.29, 1.82) is 0 Å². The molecule has 0 saturated heterocycles. The fraction of sp³-hybridized carbons (Fsp3) is 0.625. The van der Waals surface area contributed by atoms with E-state index in [4.69, 9.17) is 0 Å². The molecule has 0 amide bonds. The molecule has 0 radical (unpaired) electrons. The van der Waals surface area contributed by atoms with Gasteiger partial charge in [0.1, 0.15) is 0 Å². The molecule has 0 aliphatic rings. The van der Waals surface area contributed by atoms with E-state index in [0.29, 0.717) is 0 Å². The molecule has 0 atom stereocenters. The smallest absolute Gasteiger partial charge is 0.00728 e. The van der Waals surface area contributed by atoms with Crippen LogP contribution in [0, 0.1) is 0 Å². The molecule has 0 bridgehead atoms. The van der Waals surface area contributed by atoms with E-state index in [0.717, 1.165) is 24.1 Å². The Bertz CT molecular complexity index is 264. The van der Waals surface area contributed by atoms with Crippen molar-refractivity contribution in [1.82, 2.24) is 4.90 Å². The minimum atomic E-state index is 0.978. The third kappa shape index (κ3) is 10.3. The van der Waals surface area contributed by atoms with Gasteiger partial charge in [-0.05, 0) is 29.1 Å². The number of hydrogen-bond donors (Lipinski definition) is 0. The van der Waals surface area contributed by atoms with E-state index in [1.807, 2.05) is 23.5 Å². The number of hydrogen-bond acceptors (Lipinski definition) is 3. The highest BCUT2D eigenvalue weighted by Crippen LogP contribution is 2.12. The first kappa shape index (κ1) is 18.9. The summed E-state index contributed by atoms with van der Waals surface area (Å²) in [6.45, 7) is 19.7. The van der Waals surface area contributed by atoms with Gasteiger partial charge in [-0.2, -0.15) is 23.5 Å². The van der Waals surface area contributed by atoms with Gasteiger partial charge in [0.2, 0.25) is 0 Å². The second kappa shape index (κ2) is 12.9. The van der Waals surface area contributed by atoms with Crippen LogP contribution in [0.1, 0.15) is 20.3 Å². The number of rotatable bonds is 13. The second-order valence-corrected chi connectivity index (χ2v) is 7.11. The first-order valence-electron chi connectivity index (χ1n) is 7.03. The van der Waals surface area contributed by atoms with Crippen molar-refractivity contribution in [3.63, 3.8) is 0 Å². The topological polar surface area (TPSA) is 3.24 Å². The molecule has 0 N–H and O–H groups in total. The van der Waals surface area contributed by atoms with E-state index < -0.39 is 0 Å². The van der Waals surface area contributed by atoms with Crippen molar-refractivity contribution in [3.05, 3.63) is 37.0 Å². The van der Waals surface area contributed by atoms with Gasteiger partial charge in [-0.25, -0.2) is 0 Å². The summed E-state index contributed by atoms with van der Waals surface area (Å²) in [6.07, 6.45) is 2.80. The third-order valence-electron chi connectivity index (χ3n) is 2.94. The molecule has 0 unspecified atom stereocenters. The Hall–Kier alpha value is -0.120. The maximum Gasteiger partial charge on any atom is 0.00728 e. The molecular weight excluding hydrogens is 270 g/mol. The van der Waals surface area contributed by atoms with Crippen LogP contribution in [-0.2, 0) is 0 Å². The zero-order valence-corrected chi connectivity index (χ0v) is 14.3. The van der Waals surface area contributed by atoms with Crippen LogP contribution in [0.3, 0.4) is 0 Å². The van der Waals surface area contributed by atoms with E-state index in [9.17, 15) is 0 Å². The monoisotopic (exact) mass is 299 g/mol. The highest BCUT2D eigenvalue weighted by atomic mass is 32.2. The van der Waals surface area contributed by atoms with E-state index in [2.05, 4.69) is 38.5 Å². The Morgan fingerprint density at radius 3 is 1.95 bits per heavy atom. The summed E-state index contributed by atoms with van der Waals surface area (Å²) < 4.78 is 0. The van der Waals surface area contributed by atoms with Crippen LogP contribution in [0.5, 0.6) is 0 Å². The first-order valence-corrected chi connectivity index (χ1v) is 9.33. The lowest BCUT2D eigenvalue weighted by Gasteiger charge is -2.22. The van der Waals surface area contributed by atoms with Gasteiger partial charge in [0.05, 0.1) is 0 Å². The van der Waals surface area contributed by atoms with Crippen molar-refractivity contribution in [2.75, 3.05) is 42.6 Å². The Kier molecular flexibility index (Phi) is 12.8. The molecule has 0 fully saturated rings. The molecule has 110 valence electrons. The van der Waals surface area contributed by atoms with Crippen LogP contribution in [0.2, 0.25) is 0 Å². The molecule has 0 saturated carbocycles. The molecule has 0 heterocycles. The second-order valence-electron chi connectivity index (χ2n) is 4.32. The largest absolute Gasteiger partial charge is 0.301 e. The van der Waals surface area contributed by atoms with Gasteiger partial charge in [0.25, 0.3) is 0 Å². The normalized spacial score (nSPS) is 10.7. The summed E-state index contributed by atoms with van der Waals surface area (Å²) in [5.41, 5.74) is 2.09. The molecule has 3 heteroatoms. The lowest BCUT2D eigenvalue weighted by molar-refractivity contribution is 0.313. The molecular formula is C16H29NS2. The van der Waals surface area contributed by atoms with Gasteiger partial charge < -0.3 is 4.90 Å². The molecule has 0 aliphatic carbocycles. The number of allylic oxidation sites excluding steroid dienone is 2. The fourth-order valence-corrected chi connectivity index (χ4v) is 2.96. The molecule has 19 heavy (non-hydrogen) atoms. The molecule has 0 rings (SSSR count).